The Labute approximate surface area is 171 Å². The van der Waals surface area contributed by atoms with E-state index in [1.165, 1.54) is 18.3 Å². The van der Waals surface area contributed by atoms with E-state index in [0.717, 1.165) is 0 Å². The minimum atomic E-state index is -0.351. The predicted molar refractivity (Wildman–Crippen MR) is 107 cm³/mol. The van der Waals surface area contributed by atoms with Crippen molar-refractivity contribution in [2.45, 2.75) is 20.8 Å². The molecule has 0 N–H and O–H groups in total. The molecule has 2 heterocycles. The summed E-state index contributed by atoms with van der Waals surface area (Å²) in [5, 5.41) is 12.5. The number of carbonyl (C=O) groups is 1. The second-order valence-electron chi connectivity index (χ2n) is 7.63. The van der Waals surface area contributed by atoms with Crippen LogP contribution in [-0.4, -0.2) is 40.6 Å². The average molecular weight is 447 g/mol. The highest BCUT2D eigenvalue weighted by molar-refractivity contribution is 9.10. The average Bonchev–Trinajstić information content (AvgIpc) is 3.01. The minimum absolute atomic E-state index is 0.0270. The lowest BCUT2D eigenvalue weighted by Crippen LogP contribution is -2.49. The number of nitrogens with zero attached hydrogens (tertiary/aromatic N) is 6. The zero-order chi connectivity index (χ0) is 20.5. The highest BCUT2D eigenvalue weighted by atomic mass is 79.9. The number of benzene rings is 1. The SMILES string of the molecule is CC(C)(C)CN(c1nc(C#N)ncc1Br)N1CCN(c2ccc(F)cc2)C1=O. The first kappa shape index (κ1) is 20.0. The Balaban J connectivity index is 1.97. The molecule has 0 unspecified atom stereocenters. The van der Waals surface area contributed by atoms with Crippen LogP contribution in [0.4, 0.5) is 20.7 Å². The van der Waals surface area contributed by atoms with E-state index in [-0.39, 0.29) is 23.1 Å². The molecule has 1 aromatic carbocycles. The van der Waals surface area contributed by atoms with Gasteiger partial charge in [-0.1, -0.05) is 20.8 Å². The van der Waals surface area contributed by atoms with Gasteiger partial charge >= 0.3 is 6.03 Å². The molecule has 0 atom stereocenters. The molecule has 0 aliphatic carbocycles. The Morgan fingerprint density at radius 3 is 2.57 bits per heavy atom. The van der Waals surface area contributed by atoms with Gasteiger partial charge in [-0.3, -0.25) is 9.91 Å². The van der Waals surface area contributed by atoms with Gasteiger partial charge in [0, 0.05) is 25.0 Å². The third-order valence-corrected chi connectivity index (χ3v) is 4.67. The normalized spacial score (nSPS) is 14.4. The molecule has 0 bridgehead atoms. The van der Waals surface area contributed by atoms with Gasteiger partial charge in [-0.05, 0) is 45.6 Å². The first-order valence-corrected chi connectivity index (χ1v) is 9.53. The molecule has 0 radical (unpaired) electrons. The van der Waals surface area contributed by atoms with Gasteiger partial charge in [0.15, 0.2) is 5.82 Å². The van der Waals surface area contributed by atoms with Gasteiger partial charge in [-0.25, -0.2) is 19.2 Å². The van der Waals surface area contributed by atoms with Gasteiger partial charge in [-0.15, -0.1) is 0 Å². The second-order valence-corrected chi connectivity index (χ2v) is 8.48. The van der Waals surface area contributed by atoms with Crippen LogP contribution in [0.2, 0.25) is 0 Å². The summed E-state index contributed by atoms with van der Waals surface area (Å²) in [5.41, 5.74) is 0.477. The molecule has 2 aromatic rings. The summed E-state index contributed by atoms with van der Waals surface area (Å²) < 4.78 is 13.8. The monoisotopic (exact) mass is 446 g/mol. The zero-order valence-corrected chi connectivity index (χ0v) is 17.4. The summed E-state index contributed by atoms with van der Waals surface area (Å²) in [6.07, 6.45) is 1.51. The fourth-order valence-electron chi connectivity index (χ4n) is 2.93. The van der Waals surface area contributed by atoms with Crippen LogP contribution in [0.1, 0.15) is 26.6 Å². The third kappa shape index (κ3) is 4.22. The Bertz CT molecular complexity index is 922. The molecular weight excluding hydrogens is 427 g/mol. The number of amides is 2. The summed E-state index contributed by atoms with van der Waals surface area (Å²) in [5.74, 6) is 0.130. The summed E-state index contributed by atoms with van der Waals surface area (Å²) in [7, 11) is 0. The maximum Gasteiger partial charge on any atom is 0.343 e. The van der Waals surface area contributed by atoms with E-state index < -0.39 is 0 Å². The van der Waals surface area contributed by atoms with Crippen molar-refractivity contribution in [2.75, 3.05) is 29.5 Å². The van der Waals surface area contributed by atoms with Crippen molar-refractivity contribution in [1.82, 2.24) is 15.0 Å². The van der Waals surface area contributed by atoms with Gasteiger partial charge in [0.05, 0.1) is 11.0 Å². The molecule has 1 aliphatic heterocycles. The van der Waals surface area contributed by atoms with Gasteiger partial charge in [0.1, 0.15) is 11.9 Å². The highest BCUT2D eigenvalue weighted by Gasteiger charge is 2.36. The largest absolute Gasteiger partial charge is 0.343 e. The van der Waals surface area contributed by atoms with Crippen LogP contribution < -0.4 is 9.91 Å². The first-order chi connectivity index (χ1) is 13.2. The lowest BCUT2D eigenvalue weighted by molar-refractivity contribution is 0.207. The number of hydrogen-bond donors (Lipinski definition) is 0. The number of rotatable bonds is 4. The van der Waals surface area contributed by atoms with E-state index in [1.54, 1.807) is 27.1 Å². The Morgan fingerprint density at radius 1 is 1.29 bits per heavy atom. The van der Waals surface area contributed by atoms with Crippen molar-refractivity contribution in [2.24, 2.45) is 5.41 Å². The van der Waals surface area contributed by atoms with Crippen LogP contribution in [0.15, 0.2) is 34.9 Å². The van der Waals surface area contributed by atoms with E-state index >= 15 is 0 Å². The molecule has 1 aromatic heterocycles. The van der Waals surface area contributed by atoms with Crippen LogP contribution >= 0.6 is 15.9 Å². The number of urea groups is 1. The lowest BCUT2D eigenvalue weighted by Gasteiger charge is -2.37. The van der Waals surface area contributed by atoms with Gasteiger partial charge in [-0.2, -0.15) is 10.2 Å². The second kappa shape index (κ2) is 7.72. The Morgan fingerprint density at radius 2 is 1.96 bits per heavy atom. The van der Waals surface area contributed by atoms with E-state index in [9.17, 15) is 9.18 Å². The van der Waals surface area contributed by atoms with Crippen LogP contribution in [-0.2, 0) is 0 Å². The number of hydrogen-bond acceptors (Lipinski definition) is 5. The number of nitriles is 1. The van der Waals surface area contributed by atoms with Crippen molar-refractivity contribution in [1.29, 1.82) is 5.26 Å². The zero-order valence-electron chi connectivity index (χ0n) is 15.9. The smallest absolute Gasteiger partial charge is 0.291 e. The highest BCUT2D eigenvalue weighted by Crippen LogP contribution is 2.31. The molecule has 0 saturated carbocycles. The van der Waals surface area contributed by atoms with Crippen molar-refractivity contribution < 1.29 is 9.18 Å². The van der Waals surface area contributed by atoms with E-state index in [1.807, 2.05) is 6.07 Å². The number of aromatic nitrogens is 2. The summed E-state index contributed by atoms with van der Waals surface area (Å²) in [6, 6.07) is 7.53. The predicted octanol–water partition coefficient (Wildman–Crippen LogP) is 3.96. The molecule has 7 nitrogen and oxygen atoms in total. The molecule has 146 valence electrons. The van der Waals surface area contributed by atoms with Crippen molar-refractivity contribution in [3.63, 3.8) is 0 Å². The lowest BCUT2D eigenvalue weighted by atomic mass is 9.96. The minimum Gasteiger partial charge on any atom is -0.291 e. The molecule has 3 rings (SSSR count). The number of halogens is 2. The quantitative estimate of drug-likeness (QED) is 0.710. The van der Waals surface area contributed by atoms with E-state index in [4.69, 9.17) is 5.26 Å². The third-order valence-electron chi connectivity index (χ3n) is 4.11. The molecule has 28 heavy (non-hydrogen) atoms. The van der Waals surface area contributed by atoms with Gasteiger partial charge in [0.25, 0.3) is 0 Å². The topological polar surface area (TPSA) is 76.4 Å². The number of carbonyl (C=O) groups excluding carboxylic acids is 1. The van der Waals surface area contributed by atoms with Crippen molar-refractivity contribution in [3.05, 3.63) is 46.6 Å². The van der Waals surface area contributed by atoms with Crippen LogP contribution in [0.25, 0.3) is 0 Å². The van der Waals surface area contributed by atoms with Crippen LogP contribution in [0.5, 0.6) is 0 Å². The maximum atomic E-state index is 13.2. The standard InChI is InChI=1S/C19H20BrFN6O/c1-19(2,3)12-27(17-15(20)11-23-16(10-22)24-17)26-9-8-25(18(26)28)14-6-4-13(21)5-7-14/h4-7,11H,8-9,12H2,1-3H3. The molecule has 1 aliphatic rings. The molecule has 1 fully saturated rings. The van der Waals surface area contributed by atoms with Crippen LogP contribution in [0, 0.1) is 22.6 Å². The van der Waals surface area contributed by atoms with Gasteiger partial charge in [0.2, 0.25) is 5.82 Å². The summed E-state index contributed by atoms with van der Waals surface area (Å²) in [4.78, 5) is 23.0. The Hall–Kier alpha value is -2.73. The first-order valence-electron chi connectivity index (χ1n) is 8.74. The van der Waals surface area contributed by atoms with E-state index in [2.05, 4.69) is 46.7 Å². The number of anilines is 2. The molecule has 9 heteroatoms. The summed E-state index contributed by atoms with van der Waals surface area (Å²) >= 11 is 3.43. The van der Waals surface area contributed by atoms with Crippen LogP contribution in [0.3, 0.4) is 0 Å². The molecule has 0 spiro atoms. The van der Waals surface area contributed by atoms with Gasteiger partial charge < -0.3 is 0 Å². The van der Waals surface area contributed by atoms with Crippen molar-refractivity contribution >= 4 is 33.5 Å². The fourth-order valence-corrected chi connectivity index (χ4v) is 3.32. The number of hydrazine groups is 1. The van der Waals surface area contributed by atoms with E-state index in [0.29, 0.717) is 35.6 Å². The molecule has 2 amide bonds. The maximum absolute atomic E-state index is 13.2. The summed E-state index contributed by atoms with van der Waals surface area (Å²) in [6.45, 7) is 7.55. The molecule has 1 saturated heterocycles. The molecular formula is C19H20BrFN6O. The fraction of sp³-hybridized carbons (Fsp3) is 0.368. The van der Waals surface area contributed by atoms with Crippen molar-refractivity contribution in [3.8, 4) is 6.07 Å². The Kier molecular flexibility index (Phi) is 5.52.